The van der Waals surface area contributed by atoms with Crippen molar-refractivity contribution in [1.82, 2.24) is 15.5 Å². The molecule has 0 radical (unpaired) electrons. The average Bonchev–Trinajstić information content (AvgIpc) is 3.21. The van der Waals surface area contributed by atoms with E-state index >= 15 is 0 Å². The van der Waals surface area contributed by atoms with Gasteiger partial charge in [-0.1, -0.05) is 6.07 Å². The van der Waals surface area contributed by atoms with Crippen molar-refractivity contribution in [2.45, 2.75) is 44.8 Å². The maximum Gasteiger partial charge on any atom is 0.191 e. The Bertz CT molecular complexity index is 667. The van der Waals surface area contributed by atoms with Gasteiger partial charge in [0.05, 0.1) is 26.4 Å². The molecular weight excluding hydrogens is 368 g/mol. The first-order chi connectivity index (χ1) is 14.2. The van der Waals surface area contributed by atoms with Crippen LogP contribution in [0.15, 0.2) is 23.2 Å². The van der Waals surface area contributed by atoms with E-state index in [0.29, 0.717) is 12.6 Å². The first-order valence-corrected chi connectivity index (χ1v) is 10.8. The Morgan fingerprint density at radius 2 is 2.21 bits per heavy atom. The summed E-state index contributed by atoms with van der Waals surface area (Å²) in [6.45, 7) is 7.36. The van der Waals surface area contributed by atoms with E-state index in [2.05, 4.69) is 32.7 Å². The van der Waals surface area contributed by atoms with E-state index < -0.39 is 0 Å². The fraction of sp³-hybridized carbons (Fsp3) is 0.682. The number of guanidine groups is 1. The van der Waals surface area contributed by atoms with Crippen molar-refractivity contribution in [3.63, 3.8) is 0 Å². The summed E-state index contributed by atoms with van der Waals surface area (Å²) in [4.78, 5) is 6.90. The van der Waals surface area contributed by atoms with Crippen LogP contribution in [0.5, 0.6) is 11.5 Å². The van der Waals surface area contributed by atoms with Gasteiger partial charge in [0.15, 0.2) is 17.5 Å². The molecule has 2 saturated heterocycles. The fourth-order valence-corrected chi connectivity index (χ4v) is 4.08. The summed E-state index contributed by atoms with van der Waals surface area (Å²) in [5, 5.41) is 6.81. The Hall–Kier alpha value is -1.99. The standard InChI is InChI=1S/C22H36N4O3/c1-4-28-21-13-17(9-10-20(21)27-3)7-5-11-24-22(23-2)25-14-19-15-26-12-6-8-18(26)16-29-19/h9-10,13,18-19H,4-8,11-12,14-16H2,1-3H3,(H2,23,24,25). The minimum atomic E-state index is 0.235. The van der Waals surface area contributed by atoms with Gasteiger partial charge in [0.2, 0.25) is 0 Å². The number of nitrogens with one attached hydrogen (secondary N) is 2. The molecule has 0 aliphatic carbocycles. The van der Waals surface area contributed by atoms with Gasteiger partial charge in [-0.15, -0.1) is 0 Å². The first kappa shape index (κ1) is 21.7. The van der Waals surface area contributed by atoms with Gasteiger partial charge in [-0.2, -0.15) is 0 Å². The van der Waals surface area contributed by atoms with Crippen molar-refractivity contribution in [3.05, 3.63) is 23.8 Å². The van der Waals surface area contributed by atoms with E-state index in [-0.39, 0.29) is 6.10 Å². The topological polar surface area (TPSA) is 67.4 Å². The lowest BCUT2D eigenvalue weighted by Gasteiger charge is -2.35. The third-order valence-corrected chi connectivity index (χ3v) is 5.64. The Morgan fingerprint density at radius 1 is 1.31 bits per heavy atom. The minimum Gasteiger partial charge on any atom is -0.493 e. The Kier molecular flexibility index (Phi) is 8.43. The van der Waals surface area contributed by atoms with Crippen molar-refractivity contribution < 1.29 is 14.2 Å². The molecule has 0 spiro atoms. The van der Waals surface area contributed by atoms with Gasteiger partial charge in [0.1, 0.15) is 0 Å². The number of rotatable bonds is 9. The molecule has 0 aromatic heterocycles. The summed E-state index contributed by atoms with van der Waals surface area (Å²) in [6, 6.07) is 6.79. The van der Waals surface area contributed by atoms with Crippen molar-refractivity contribution in [2.24, 2.45) is 4.99 Å². The Balaban J connectivity index is 1.36. The van der Waals surface area contributed by atoms with Crippen molar-refractivity contribution in [1.29, 1.82) is 0 Å². The molecule has 2 atom stereocenters. The molecule has 0 saturated carbocycles. The highest BCUT2D eigenvalue weighted by Gasteiger charge is 2.32. The molecule has 2 N–H and O–H groups in total. The van der Waals surface area contributed by atoms with Crippen LogP contribution in [0, 0.1) is 0 Å². The van der Waals surface area contributed by atoms with E-state index in [1.165, 1.54) is 24.9 Å². The number of aliphatic imine (C=N–C) groups is 1. The van der Waals surface area contributed by atoms with E-state index in [1.54, 1.807) is 7.11 Å². The Morgan fingerprint density at radius 3 is 3.00 bits per heavy atom. The smallest absolute Gasteiger partial charge is 0.191 e. The number of nitrogens with zero attached hydrogens (tertiary/aromatic N) is 2. The number of methoxy groups -OCH3 is 1. The molecule has 1 aromatic carbocycles. The minimum absolute atomic E-state index is 0.235. The number of hydrogen-bond acceptors (Lipinski definition) is 5. The molecule has 0 amide bonds. The molecule has 1 aromatic rings. The predicted octanol–water partition coefficient (Wildman–Crippen LogP) is 2.05. The van der Waals surface area contributed by atoms with Gasteiger partial charge >= 0.3 is 0 Å². The SMILES string of the molecule is CCOc1cc(CCCNC(=NC)NCC2CN3CCCC3CO2)ccc1OC. The average molecular weight is 405 g/mol. The highest BCUT2D eigenvalue weighted by molar-refractivity contribution is 5.79. The summed E-state index contributed by atoms with van der Waals surface area (Å²) in [5.74, 6) is 2.43. The van der Waals surface area contributed by atoms with E-state index in [4.69, 9.17) is 14.2 Å². The van der Waals surface area contributed by atoms with Crippen LogP contribution in [0.3, 0.4) is 0 Å². The zero-order valence-corrected chi connectivity index (χ0v) is 18.1. The largest absolute Gasteiger partial charge is 0.493 e. The summed E-state index contributed by atoms with van der Waals surface area (Å²) < 4.78 is 17.0. The quantitative estimate of drug-likeness (QED) is 0.373. The summed E-state index contributed by atoms with van der Waals surface area (Å²) in [5.41, 5.74) is 1.25. The molecule has 3 rings (SSSR count). The molecular formula is C22H36N4O3. The molecule has 7 heteroatoms. The molecule has 162 valence electrons. The molecule has 7 nitrogen and oxygen atoms in total. The van der Waals surface area contributed by atoms with Gasteiger partial charge < -0.3 is 24.8 Å². The zero-order valence-electron chi connectivity index (χ0n) is 18.1. The van der Waals surface area contributed by atoms with Crippen molar-refractivity contribution in [2.75, 3.05) is 53.6 Å². The molecule has 2 aliphatic heterocycles. The molecule has 2 fully saturated rings. The van der Waals surface area contributed by atoms with Gasteiger partial charge in [-0.3, -0.25) is 9.89 Å². The van der Waals surface area contributed by atoms with Gasteiger partial charge in [-0.05, 0) is 56.8 Å². The third kappa shape index (κ3) is 6.24. The van der Waals surface area contributed by atoms with Crippen LogP contribution < -0.4 is 20.1 Å². The maximum atomic E-state index is 6.01. The van der Waals surface area contributed by atoms with Crippen molar-refractivity contribution in [3.8, 4) is 11.5 Å². The number of hydrogen-bond donors (Lipinski definition) is 2. The third-order valence-electron chi connectivity index (χ3n) is 5.64. The van der Waals surface area contributed by atoms with Crippen molar-refractivity contribution >= 4 is 5.96 Å². The second kappa shape index (κ2) is 11.3. The number of fused-ring (bicyclic) bond motifs is 1. The lowest BCUT2D eigenvalue weighted by atomic mass is 10.1. The van der Waals surface area contributed by atoms with Crippen LogP contribution in [0.25, 0.3) is 0 Å². The summed E-state index contributed by atoms with van der Waals surface area (Å²) in [7, 11) is 3.48. The Labute approximate surface area is 174 Å². The van der Waals surface area contributed by atoms with E-state index in [0.717, 1.165) is 56.5 Å². The second-order valence-corrected chi connectivity index (χ2v) is 7.65. The fourth-order valence-electron chi connectivity index (χ4n) is 4.08. The molecule has 29 heavy (non-hydrogen) atoms. The van der Waals surface area contributed by atoms with Gasteiger partial charge in [0, 0.05) is 32.7 Å². The predicted molar refractivity (Wildman–Crippen MR) is 116 cm³/mol. The highest BCUT2D eigenvalue weighted by Crippen LogP contribution is 2.28. The normalized spacial score (nSPS) is 22.2. The van der Waals surface area contributed by atoms with Gasteiger partial charge in [0.25, 0.3) is 0 Å². The van der Waals surface area contributed by atoms with Crippen LogP contribution in [-0.4, -0.2) is 76.6 Å². The number of aryl methyl sites for hydroxylation is 1. The summed E-state index contributed by atoms with van der Waals surface area (Å²) >= 11 is 0. The number of ether oxygens (including phenoxy) is 3. The summed E-state index contributed by atoms with van der Waals surface area (Å²) in [6.07, 6.45) is 4.80. The van der Waals surface area contributed by atoms with Crippen LogP contribution in [0.2, 0.25) is 0 Å². The van der Waals surface area contributed by atoms with E-state index in [9.17, 15) is 0 Å². The number of morpholine rings is 1. The van der Waals surface area contributed by atoms with E-state index in [1.807, 2.05) is 20.0 Å². The molecule has 2 unspecified atom stereocenters. The maximum absolute atomic E-state index is 6.01. The van der Waals surface area contributed by atoms with Crippen LogP contribution in [0.1, 0.15) is 31.7 Å². The first-order valence-electron chi connectivity index (χ1n) is 10.8. The van der Waals surface area contributed by atoms with Crippen LogP contribution >= 0.6 is 0 Å². The second-order valence-electron chi connectivity index (χ2n) is 7.65. The molecule has 2 aliphatic rings. The lowest BCUT2D eigenvalue weighted by Crippen LogP contribution is -2.51. The molecule has 2 heterocycles. The van der Waals surface area contributed by atoms with Crippen LogP contribution in [0.4, 0.5) is 0 Å². The highest BCUT2D eigenvalue weighted by atomic mass is 16.5. The lowest BCUT2D eigenvalue weighted by molar-refractivity contribution is -0.0453. The number of benzene rings is 1. The monoisotopic (exact) mass is 404 g/mol. The van der Waals surface area contributed by atoms with Gasteiger partial charge in [-0.25, -0.2) is 0 Å². The molecule has 0 bridgehead atoms. The zero-order chi connectivity index (χ0) is 20.5. The van der Waals surface area contributed by atoms with Crippen LogP contribution in [-0.2, 0) is 11.2 Å².